The van der Waals surface area contributed by atoms with Crippen molar-refractivity contribution in [1.29, 1.82) is 0 Å². The number of para-hydroxylation sites is 2. The number of pyridine rings is 1. The monoisotopic (exact) mass is 504 g/mol. The predicted octanol–water partition coefficient (Wildman–Crippen LogP) is 5.51. The van der Waals surface area contributed by atoms with E-state index in [0.717, 1.165) is 64.5 Å². The molecule has 1 aliphatic carbocycles. The van der Waals surface area contributed by atoms with E-state index in [2.05, 4.69) is 27.8 Å². The zero-order chi connectivity index (χ0) is 25.7. The van der Waals surface area contributed by atoms with Crippen molar-refractivity contribution in [2.24, 2.45) is 0 Å². The molecule has 190 valence electrons. The van der Waals surface area contributed by atoms with Gasteiger partial charge in [-0.2, -0.15) is 0 Å². The normalized spacial score (nSPS) is 17.8. The second-order valence-electron chi connectivity index (χ2n) is 10.3. The summed E-state index contributed by atoms with van der Waals surface area (Å²) in [5.74, 6) is 1.16. The standard InChI is InChI=1S/C31H28N4O3/c1-19-8-9-22(37-18-21-10-14-32-21)17-24(19)29(36)35-31(11-12-31)25-15-20(16-27-23(25)5-4-13-33-27)30-34-26-6-2-3-7-28(26)38-30/h2-9,13,15-17,21,32H,10-12,14,18H2,1H3,(H,35,36)/t21-/m0/s1. The van der Waals surface area contributed by atoms with Gasteiger partial charge in [-0.15, -0.1) is 0 Å². The van der Waals surface area contributed by atoms with E-state index in [1.165, 1.54) is 0 Å². The van der Waals surface area contributed by atoms with Crippen LogP contribution in [-0.4, -0.2) is 35.1 Å². The number of oxazole rings is 1. The Morgan fingerprint density at radius 1 is 1.11 bits per heavy atom. The molecule has 0 spiro atoms. The molecule has 1 atom stereocenters. The lowest BCUT2D eigenvalue weighted by Crippen LogP contribution is -2.46. The number of nitrogens with zero attached hydrogens (tertiary/aromatic N) is 2. The van der Waals surface area contributed by atoms with Gasteiger partial charge in [0.05, 0.1) is 11.1 Å². The first-order chi connectivity index (χ1) is 18.6. The van der Waals surface area contributed by atoms with Crippen molar-refractivity contribution in [2.45, 2.75) is 37.8 Å². The fourth-order valence-corrected chi connectivity index (χ4v) is 5.19. The van der Waals surface area contributed by atoms with Crippen molar-refractivity contribution < 1.29 is 13.9 Å². The lowest BCUT2D eigenvalue weighted by molar-refractivity contribution is 0.0930. The minimum absolute atomic E-state index is 0.100. The molecule has 0 bridgehead atoms. The van der Waals surface area contributed by atoms with Crippen molar-refractivity contribution in [3.8, 4) is 17.2 Å². The van der Waals surface area contributed by atoms with E-state index in [4.69, 9.17) is 14.1 Å². The van der Waals surface area contributed by atoms with Gasteiger partial charge in [-0.25, -0.2) is 4.98 Å². The van der Waals surface area contributed by atoms with Gasteiger partial charge >= 0.3 is 0 Å². The fraction of sp³-hybridized carbons (Fsp3) is 0.258. The van der Waals surface area contributed by atoms with Crippen molar-refractivity contribution in [3.05, 3.63) is 89.6 Å². The van der Waals surface area contributed by atoms with Crippen LogP contribution in [0, 0.1) is 6.92 Å². The highest BCUT2D eigenvalue weighted by Gasteiger charge is 2.47. The van der Waals surface area contributed by atoms with Crippen LogP contribution in [0.1, 0.15) is 40.7 Å². The van der Waals surface area contributed by atoms with Crippen LogP contribution >= 0.6 is 0 Å². The smallest absolute Gasteiger partial charge is 0.252 e. The predicted molar refractivity (Wildman–Crippen MR) is 146 cm³/mol. The Morgan fingerprint density at radius 3 is 2.76 bits per heavy atom. The third-order valence-electron chi connectivity index (χ3n) is 7.71. The molecular formula is C31H28N4O3. The van der Waals surface area contributed by atoms with E-state index in [1.54, 1.807) is 6.20 Å². The molecule has 1 aliphatic heterocycles. The number of benzene rings is 3. The van der Waals surface area contributed by atoms with Crippen LogP contribution in [0.2, 0.25) is 0 Å². The average molecular weight is 505 g/mol. The zero-order valence-corrected chi connectivity index (χ0v) is 21.2. The van der Waals surface area contributed by atoms with E-state index in [-0.39, 0.29) is 5.91 Å². The molecule has 1 saturated carbocycles. The van der Waals surface area contributed by atoms with Crippen LogP contribution in [0.25, 0.3) is 33.5 Å². The van der Waals surface area contributed by atoms with E-state index in [1.807, 2.05) is 61.5 Å². The Morgan fingerprint density at radius 2 is 1.97 bits per heavy atom. The maximum absolute atomic E-state index is 13.6. The summed E-state index contributed by atoms with van der Waals surface area (Å²) in [6.07, 6.45) is 4.60. The zero-order valence-electron chi connectivity index (χ0n) is 21.2. The first-order valence-electron chi connectivity index (χ1n) is 13.1. The van der Waals surface area contributed by atoms with Crippen molar-refractivity contribution in [2.75, 3.05) is 13.2 Å². The molecule has 0 radical (unpaired) electrons. The molecule has 2 aromatic heterocycles. The topological polar surface area (TPSA) is 89.3 Å². The Kier molecular flexibility index (Phi) is 5.40. The molecule has 38 heavy (non-hydrogen) atoms. The molecule has 1 amide bonds. The van der Waals surface area contributed by atoms with Crippen LogP contribution < -0.4 is 15.4 Å². The summed E-state index contributed by atoms with van der Waals surface area (Å²) < 4.78 is 12.0. The Bertz CT molecular complexity index is 1650. The molecule has 5 aromatic rings. The third-order valence-corrected chi connectivity index (χ3v) is 7.71. The van der Waals surface area contributed by atoms with Gasteiger partial charge in [-0.05, 0) is 86.3 Å². The first kappa shape index (κ1) is 22.9. The van der Waals surface area contributed by atoms with E-state index in [9.17, 15) is 4.79 Å². The Hall–Kier alpha value is -4.23. The largest absolute Gasteiger partial charge is 0.492 e. The highest BCUT2D eigenvalue weighted by molar-refractivity contribution is 5.98. The number of hydrogen-bond donors (Lipinski definition) is 2. The lowest BCUT2D eigenvalue weighted by atomic mass is 9.95. The van der Waals surface area contributed by atoms with Crippen LogP contribution in [0.3, 0.4) is 0 Å². The molecule has 3 aromatic carbocycles. The molecule has 7 nitrogen and oxygen atoms in total. The number of aromatic nitrogens is 2. The van der Waals surface area contributed by atoms with Gasteiger partial charge in [-0.1, -0.05) is 24.3 Å². The number of amides is 1. The van der Waals surface area contributed by atoms with Gasteiger partial charge in [0.15, 0.2) is 5.58 Å². The van der Waals surface area contributed by atoms with Crippen molar-refractivity contribution in [1.82, 2.24) is 20.6 Å². The van der Waals surface area contributed by atoms with E-state index < -0.39 is 5.54 Å². The van der Waals surface area contributed by atoms with Crippen LogP contribution in [0.5, 0.6) is 5.75 Å². The third kappa shape index (κ3) is 4.09. The van der Waals surface area contributed by atoms with Gasteiger partial charge < -0.3 is 19.8 Å². The summed E-state index contributed by atoms with van der Waals surface area (Å²) in [7, 11) is 0. The number of carbonyl (C=O) groups is 1. The highest BCUT2D eigenvalue weighted by Crippen LogP contribution is 2.49. The van der Waals surface area contributed by atoms with Gasteiger partial charge in [0.1, 0.15) is 17.9 Å². The molecule has 2 N–H and O–H groups in total. The molecule has 2 fully saturated rings. The highest BCUT2D eigenvalue weighted by atomic mass is 16.5. The maximum Gasteiger partial charge on any atom is 0.252 e. The number of ether oxygens (including phenoxy) is 1. The van der Waals surface area contributed by atoms with Gasteiger partial charge in [0.2, 0.25) is 5.89 Å². The van der Waals surface area contributed by atoms with E-state index in [0.29, 0.717) is 29.9 Å². The van der Waals surface area contributed by atoms with Crippen LogP contribution in [0.4, 0.5) is 0 Å². The van der Waals surface area contributed by atoms with Crippen LogP contribution in [0.15, 0.2) is 77.3 Å². The molecule has 1 saturated heterocycles. The molecule has 0 unspecified atom stereocenters. The Labute approximate surface area is 220 Å². The minimum atomic E-state index is -0.473. The molecule has 7 heteroatoms. The first-order valence-corrected chi connectivity index (χ1v) is 13.1. The number of hydrogen-bond acceptors (Lipinski definition) is 6. The van der Waals surface area contributed by atoms with Crippen LogP contribution in [-0.2, 0) is 5.54 Å². The SMILES string of the molecule is Cc1ccc(OC[C@@H]2CCN2)cc1C(=O)NC1(c2cc(-c3nc4ccccc4o3)cc3ncccc23)CC1. The number of fused-ring (bicyclic) bond motifs is 2. The molecule has 7 rings (SSSR count). The molecule has 2 aliphatic rings. The summed E-state index contributed by atoms with van der Waals surface area (Å²) in [6.45, 7) is 3.60. The summed E-state index contributed by atoms with van der Waals surface area (Å²) >= 11 is 0. The summed E-state index contributed by atoms with van der Waals surface area (Å²) in [5.41, 5.74) is 5.36. The van der Waals surface area contributed by atoms with Gasteiger partial charge in [-0.3, -0.25) is 9.78 Å². The number of nitrogens with one attached hydrogen (secondary N) is 2. The minimum Gasteiger partial charge on any atom is -0.492 e. The van der Waals surface area contributed by atoms with Gasteiger partial charge in [0, 0.05) is 28.8 Å². The fourth-order valence-electron chi connectivity index (χ4n) is 5.19. The van der Waals surface area contributed by atoms with Crippen molar-refractivity contribution in [3.63, 3.8) is 0 Å². The lowest BCUT2D eigenvalue weighted by Gasteiger charge is -2.27. The summed E-state index contributed by atoms with van der Waals surface area (Å²) in [5, 5.41) is 7.73. The second-order valence-corrected chi connectivity index (χ2v) is 10.3. The molecule has 3 heterocycles. The molecular weight excluding hydrogens is 476 g/mol. The number of rotatable bonds is 7. The number of carbonyl (C=O) groups excluding carboxylic acids is 1. The average Bonchev–Trinajstić information content (AvgIpc) is 3.55. The summed E-state index contributed by atoms with van der Waals surface area (Å²) in [4.78, 5) is 23.0. The van der Waals surface area contributed by atoms with Gasteiger partial charge in [0.25, 0.3) is 5.91 Å². The van der Waals surface area contributed by atoms with E-state index >= 15 is 0 Å². The quantitative estimate of drug-likeness (QED) is 0.304. The second kappa shape index (κ2) is 8.96. The summed E-state index contributed by atoms with van der Waals surface area (Å²) in [6, 6.07) is 22.0. The number of aryl methyl sites for hydroxylation is 1. The Balaban J connectivity index is 1.22. The maximum atomic E-state index is 13.6. The van der Waals surface area contributed by atoms with Crippen molar-refractivity contribution >= 4 is 27.9 Å².